The van der Waals surface area contributed by atoms with E-state index >= 15 is 0 Å². The van der Waals surface area contributed by atoms with Gasteiger partial charge in [0.25, 0.3) is 0 Å². The Morgan fingerprint density at radius 3 is 2.42 bits per heavy atom. The van der Waals surface area contributed by atoms with Gasteiger partial charge in [0.1, 0.15) is 17.2 Å². The fourth-order valence-corrected chi connectivity index (χ4v) is 2.67. The Morgan fingerprint density at radius 2 is 1.68 bits per heavy atom. The quantitative estimate of drug-likeness (QED) is 0.822. The molecular weight excluding hydrogens is 240 g/mol. The summed E-state index contributed by atoms with van der Waals surface area (Å²) in [4.78, 5) is 0. The zero-order valence-corrected chi connectivity index (χ0v) is 10.7. The van der Waals surface area contributed by atoms with Crippen molar-refractivity contribution in [2.75, 3.05) is 6.61 Å². The third-order valence-electron chi connectivity index (χ3n) is 3.83. The van der Waals surface area contributed by atoms with Gasteiger partial charge in [0.15, 0.2) is 0 Å². The summed E-state index contributed by atoms with van der Waals surface area (Å²) in [5, 5.41) is 19.0. The first-order valence-electron chi connectivity index (χ1n) is 6.40. The van der Waals surface area contributed by atoms with Crippen LogP contribution in [0.1, 0.15) is 29.9 Å². The minimum absolute atomic E-state index is 0.231. The average Bonchev–Trinajstić information content (AvgIpc) is 2.41. The van der Waals surface area contributed by atoms with E-state index in [9.17, 15) is 10.2 Å². The summed E-state index contributed by atoms with van der Waals surface area (Å²) in [6.07, 6.45) is 0. The molecule has 2 N–H and O–H groups in total. The Kier molecular flexibility index (Phi) is 2.82. The standard InChI is InChI=1S/C16H16O3/c1-10-14-8-13(18)6-7-16(14)19-9-15(10)11-2-4-12(17)5-3-11/h2-8,10,15,17-18H,9H2,1H3/t10-,15-/m1/s1. The van der Waals surface area contributed by atoms with E-state index in [0.29, 0.717) is 6.61 Å². The number of phenolic OH excluding ortho intramolecular Hbond substituents is 2. The molecule has 0 aromatic heterocycles. The van der Waals surface area contributed by atoms with E-state index in [-0.39, 0.29) is 23.3 Å². The number of rotatable bonds is 1. The second-order valence-electron chi connectivity index (χ2n) is 5.02. The predicted molar refractivity (Wildman–Crippen MR) is 72.9 cm³/mol. The van der Waals surface area contributed by atoms with Crippen LogP contribution in [0.3, 0.4) is 0 Å². The van der Waals surface area contributed by atoms with Gasteiger partial charge in [-0.25, -0.2) is 0 Å². The van der Waals surface area contributed by atoms with Crippen molar-refractivity contribution in [3.05, 3.63) is 53.6 Å². The molecule has 3 heteroatoms. The summed E-state index contributed by atoms with van der Waals surface area (Å²) < 4.78 is 5.77. The zero-order chi connectivity index (χ0) is 13.4. The average molecular weight is 256 g/mol. The van der Waals surface area contributed by atoms with Crippen LogP contribution in [-0.2, 0) is 0 Å². The minimum Gasteiger partial charge on any atom is -0.508 e. The van der Waals surface area contributed by atoms with Gasteiger partial charge in [-0.05, 0) is 41.8 Å². The van der Waals surface area contributed by atoms with Gasteiger partial charge in [0, 0.05) is 11.5 Å². The molecule has 2 aromatic carbocycles. The van der Waals surface area contributed by atoms with Crippen molar-refractivity contribution in [1.29, 1.82) is 0 Å². The van der Waals surface area contributed by atoms with Crippen LogP contribution in [0, 0.1) is 0 Å². The van der Waals surface area contributed by atoms with Crippen LogP contribution in [-0.4, -0.2) is 16.8 Å². The Bertz CT molecular complexity index is 589. The first-order valence-corrected chi connectivity index (χ1v) is 6.40. The molecule has 98 valence electrons. The molecule has 0 fully saturated rings. The number of hydrogen-bond donors (Lipinski definition) is 2. The first-order chi connectivity index (χ1) is 9.15. The SMILES string of the molecule is C[C@@H]1c2cc(O)ccc2OC[C@H]1c1ccc(O)cc1. The van der Waals surface area contributed by atoms with Gasteiger partial charge >= 0.3 is 0 Å². The lowest BCUT2D eigenvalue weighted by molar-refractivity contribution is 0.242. The zero-order valence-electron chi connectivity index (χ0n) is 10.7. The fraction of sp³-hybridized carbons (Fsp3) is 0.250. The number of ether oxygens (including phenoxy) is 1. The van der Waals surface area contributed by atoms with Crippen LogP contribution < -0.4 is 4.74 Å². The van der Waals surface area contributed by atoms with E-state index in [1.807, 2.05) is 18.2 Å². The van der Waals surface area contributed by atoms with Gasteiger partial charge in [-0.1, -0.05) is 19.1 Å². The summed E-state index contributed by atoms with van der Waals surface area (Å²) in [7, 11) is 0. The van der Waals surface area contributed by atoms with Crippen molar-refractivity contribution in [3.63, 3.8) is 0 Å². The maximum atomic E-state index is 9.61. The van der Waals surface area contributed by atoms with Crippen molar-refractivity contribution in [1.82, 2.24) is 0 Å². The second-order valence-corrected chi connectivity index (χ2v) is 5.02. The lowest BCUT2D eigenvalue weighted by Gasteiger charge is -2.31. The number of phenols is 2. The molecule has 3 nitrogen and oxygen atoms in total. The van der Waals surface area contributed by atoms with E-state index in [1.165, 1.54) is 0 Å². The third kappa shape index (κ3) is 2.12. The lowest BCUT2D eigenvalue weighted by atomic mass is 9.81. The molecule has 0 saturated carbocycles. The summed E-state index contributed by atoms with van der Waals surface area (Å²) in [5.74, 6) is 1.88. The largest absolute Gasteiger partial charge is 0.508 e. The van der Waals surface area contributed by atoms with Crippen molar-refractivity contribution >= 4 is 0 Å². The summed E-state index contributed by atoms with van der Waals surface area (Å²) >= 11 is 0. The van der Waals surface area contributed by atoms with Crippen LogP contribution in [0.15, 0.2) is 42.5 Å². The van der Waals surface area contributed by atoms with E-state index in [4.69, 9.17) is 4.74 Å². The summed E-state index contributed by atoms with van der Waals surface area (Å²) in [6, 6.07) is 12.5. The topological polar surface area (TPSA) is 49.7 Å². The highest BCUT2D eigenvalue weighted by atomic mass is 16.5. The normalized spacial score (nSPS) is 21.5. The van der Waals surface area contributed by atoms with Crippen LogP contribution in [0.2, 0.25) is 0 Å². The third-order valence-corrected chi connectivity index (χ3v) is 3.83. The van der Waals surface area contributed by atoms with Gasteiger partial charge in [-0.3, -0.25) is 0 Å². The molecule has 2 aromatic rings. The van der Waals surface area contributed by atoms with E-state index in [1.54, 1.807) is 24.3 Å². The molecule has 1 aliphatic heterocycles. The minimum atomic E-state index is 0.231. The molecule has 0 bridgehead atoms. The van der Waals surface area contributed by atoms with E-state index in [0.717, 1.165) is 16.9 Å². The van der Waals surface area contributed by atoms with Crippen molar-refractivity contribution in [2.24, 2.45) is 0 Å². The molecule has 0 amide bonds. The summed E-state index contributed by atoms with van der Waals surface area (Å²) in [6.45, 7) is 2.75. The van der Waals surface area contributed by atoms with Crippen molar-refractivity contribution in [3.8, 4) is 17.2 Å². The smallest absolute Gasteiger partial charge is 0.123 e. The molecule has 0 radical (unpaired) electrons. The molecule has 0 unspecified atom stereocenters. The maximum Gasteiger partial charge on any atom is 0.123 e. The molecule has 3 rings (SSSR count). The van der Waals surface area contributed by atoms with Crippen LogP contribution >= 0.6 is 0 Å². The Hall–Kier alpha value is -2.16. The lowest BCUT2D eigenvalue weighted by Crippen LogP contribution is -2.22. The molecule has 2 atom stereocenters. The van der Waals surface area contributed by atoms with E-state index in [2.05, 4.69) is 6.92 Å². The van der Waals surface area contributed by atoms with E-state index < -0.39 is 0 Å². The number of hydrogen-bond acceptors (Lipinski definition) is 3. The molecule has 1 heterocycles. The highest BCUT2D eigenvalue weighted by Gasteiger charge is 2.29. The fourth-order valence-electron chi connectivity index (χ4n) is 2.67. The highest BCUT2D eigenvalue weighted by Crippen LogP contribution is 2.43. The number of benzene rings is 2. The Labute approximate surface area is 112 Å². The van der Waals surface area contributed by atoms with Crippen LogP contribution in [0.5, 0.6) is 17.2 Å². The first kappa shape index (κ1) is 11.9. The number of fused-ring (bicyclic) bond motifs is 1. The molecule has 0 saturated heterocycles. The van der Waals surface area contributed by atoms with Gasteiger partial charge in [0.05, 0.1) is 6.61 Å². The highest BCUT2D eigenvalue weighted by molar-refractivity contribution is 5.45. The monoisotopic (exact) mass is 256 g/mol. The van der Waals surface area contributed by atoms with Gasteiger partial charge in [0.2, 0.25) is 0 Å². The molecule has 0 aliphatic carbocycles. The Morgan fingerprint density at radius 1 is 1.00 bits per heavy atom. The maximum absolute atomic E-state index is 9.61. The van der Waals surface area contributed by atoms with Gasteiger partial charge in [-0.15, -0.1) is 0 Å². The van der Waals surface area contributed by atoms with Gasteiger partial charge < -0.3 is 14.9 Å². The van der Waals surface area contributed by atoms with Gasteiger partial charge in [-0.2, -0.15) is 0 Å². The second kappa shape index (κ2) is 4.50. The van der Waals surface area contributed by atoms with Crippen molar-refractivity contribution < 1.29 is 14.9 Å². The Balaban J connectivity index is 1.96. The molecule has 0 spiro atoms. The molecular formula is C16H16O3. The predicted octanol–water partition coefficient (Wildman–Crippen LogP) is 3.38. The molecule has 1 aliphatic rings. The summed E-state index contributed by atoms with van der Waals surface area (Å²) in [5.41, 5.74) is 2.17. The number of aromatic hydroxyl groups is 2. The van der Waals surface area contributed by atoms with Crippen LogP contribution in [0.4, 0.5) is 0 Å². The van der Waals surface area contributed by atoms with Crippen LogP contribution in [0.25, 0.3) is 0 Å². The van der Waals surface area contributed by atoms with Crippen molar-refractivity contribution in [2.45, 2.75) is 18.8 Å². The molecule has 19 heavy (non-hydrogen) atoms.